The number of ether oxygens (including phenoxy) is 1. The zero-order chi connectivity index (χ0) is 18.4. The van der Waals surface area contributed by atoms with Crippen LogP contribution in [0.4, 0.5) is 0 Å². The van der Waals surface area contributed by atoms with Crippen molar-refractivity contribution in [3.05, 3.63) is 71.3 Å². The zero-order valence-corrected chi connectivity index (χ0v) is 15.1. The lowest BCUT2D eigenvalue weighted by molar-refractivity contribution is -0.148. The summed E-state index contributed by atoms with van der Waals surface area (Å²) in [7, 11) is 0. The van der Waals surface area contributed by atoms with Crippen LogP contribution in [0.3, 0.4) is 0 Å². The number of hydrogen-bond acceptors (Lipinski definition) is 3. The molecule has 136 valence electrons. The fourth-order valence-corrected chi connectivity index (χ4v) is 2.92. The molecule has 5 heteroatoms. The first-order valence-corrected chi connectivity index (χ1v) is 8.84. The minimum absolute atomic E-state index is 0.000135. The average Bonchev–Trinajstić information content (AvgIpc) is 2.66. The van der Waals surface area contributed by atoms with E-state index < -0.39 is 0 Å². The summed E-state index contributed by atoms with van der Waals surface area (Å²) in [6.45, 7) is 4.25. The fourth-order valence-electron chi connectivity index (χ4n) is 2.92. The number of amides is 2. The highest BCUT2D eigenvalue weighted by Crippen LogP contribution is 2.11. The van der Waals surface area contributed by atoms with Gasteiger partial charge in [-0.3, -0.25) is 9.59 Å². The van der Waals surface area contributed by atoms with Crippen molar-refractivity contribution in [1.82, 2.24) is 9.80 Å². The highest BCUT2D eigenvalue weighted by atomic mass is 16.5. The number of benzene rings is 2. The summed E-state index contributed by atoms with van der Waals surface area (Å²) in [4.78, 5) is 28.0. The van der Waals surface area contributed by atoms with Crippen LogP contribution in [0.5, 0.6) is 0 Å². The number of carbonyl (C=O) groups excluding carboxylic acids is 2. The number of hydrogen-bond donors (Lipinski definition) is 0. The standard InChI is InChI=1S/C21H24N2O3/c1-17-7-9-18(10-8-17)13-22-11-12-23(14-20(22)24)21(25)16-26-15-19-5-3-2-4-6-19/h2-10H,11-16H2,1H3. The monoisotopic (exact) mass is 352 g/mol. The van der Waals surface area contributed by atoms with E-state index in [0.717, 1.165) is 11.1 Å². The smallest absolute Gasteiger partial charge is 0.249 e. The third-order valence-corrected chi connectivity index (χ3v) is 4.50. The lowest BCUT2D eigenvalue weighted by Gasteiger charge is -2.34. The molecule has 1 heterocycles. The first-order chi connectivity index (χ1) is 12.6. The van der Waals surface area contributed by atoms with Crippen LogP contribution in [-0.2, 0) is 27.5 Å². The first kappa shape index (κ1) is 18.1. The second-order valence-electron chi connectivity index (χ2n) is 6.59. The summed E-state index contributed by atoms with van der Waals surface area (Å²) >= 11 is 0. The van der Waals surface area contributed by atoms with Crippen LogP contribution in [0.15, 0.2) is 54.6 Å². The molecule has 2 aromatic carbocycles. The summed E-state index contributed by atoms with van der Waals surface area (Å²) in [6, 6.07) is 17.9. The third kappa shape index (κ3) is 4.92. The molecule has 1 saturated heterocycles. The molecular formula is C21H24N2O3. The molecule has 0 N–H and O–H groups in total. The minimum Gasteiger partial charge on any atom is -0.367 e. The molecule has 0 saturated carbocycles. The molecular weight excluding hydrogens is 328 g/mol. The average molecular weight is 352 g/mol. The van der Waals surface area contributed by atoms with Crippen LogP contribution in [0, 0.1) is 6.92 Å². The SMILES string of the molecule is Cc1ccc(CN2CCN(C(=O)COCc3ccccc3)CC2=O)cc1. The topological polar surface area (TPSA) is 49.9 Å². The van der Waals surface area contributed by atoms with E-state index >= 15 is 0 Å². The van der Waals surface area contributed by atoms with Gasteiger partial charge in [0.2, 0.25) is 11.8 Å². The molecule has 3 rings (SSSR count). The Kier molecular flexibility index (Phi) is 6.02. The van der Waals surface area contributed by atoms with Crippen LogP contribution in [-0.4, -0.2) is 47.9 Å². The van der Waals surface area contributed by atoms with E-state index in [2.05, 4.69) is 0 Å². The van der Waals surface area contributed by atoms with Gasteiger partial charge < -0.3 is 14.5 Å². The Morgan fingerprint density at radius 2 is 1.73 bits per heavy atom. The number of aryl methyl sites for hydroxylation is 1. The molecule has 0 aliphatic carbocycles. The molecule has 1 fully saturated rings. The van der Waals surface area contributed by atoms with E-state index in [9.17, 15) is 9.59 Å². The van der Waals surface area contributed by atoms with Gasteiger partial charge in [-0.2, -0.15) is 0 Å². The summed E-state index contributed by atoms with van der Waals surface area (Å²) in [5.41, 5.74) is 3.33. The Bertz CT molecular complexity index is 744. The van der Waals surface area contributed by atoms with Gasteiger partial charge in [0.1, 0.15) is 6.61 Å². The highest BCUT2D eigenvalue weighted by Gasteiger charge is 2.26. The van der Waals surface area contributed by atoms with E-state index in [-0.39, 0.29) is 25.0 Å². The predicted octanol–water partition coefficient (Wildman–Crippen LogP) is 2.38. The first-order valence-electron chi connectivity index (χ1n) is 8.84. The van der Waals surface area contributed by atoms with Gasteiger partial charge in [-0.25, -0.2) is 0 Å². The largest absolute Gasteiger partial charge is 0.367 e. The van der Waals surface area contributed by atoms with Crippen molar-refractivity contribution in [1.29, 1.82) is 0 Å². The van der Waals surface area contributed by atoms with Crippen LogP contribution in [0.1, 0.15) is 16.7 Å². The molecule has 0 spiro atoms. The molecule has 0 radical (unpaired) electrons. The molecule has 0 atom stereocenters. The quantitative estimate of drug-likeness (QED) is 0.802. The van der Waals surface area contributed by atoms with Gasteiger partial charge in [0.25, 0.3) is 0 Å². The van der Waals surface area contributed by atoms with Crippen molar-refractivity contribution in [3.63, 3.8) is 0 Å². The number of nitrogens with zero attached hydrogens (tertiary/aromatic N) is 2. The van der Waals surface area contributed by atoms with Crippen LogP contribution in [0.25, 0.3) is 0 Å². The maximum atomic E-state index is 12.4. The van der Waals surface area contributed by atoms with E-state index in [0.29, 0.717) is 26.2 Å². The van der Waals surface area contributed by atoms with E-state index in [1.807, 2.05) is 61.5 Å². The minimum atomic E-state index is -0.135. The van der Waals surface area contributed by atoms with Crippen LogP contribution < -0.4 is 0 Å². The molecule has 2 aromatic rings. The van der Waals surface area contributed by atoms with Gasteiger partial charge in [-0.15, -0.1) is 0 Å². The van der Waals surface area contributed by atoms with Gasteiger partial charge in [0.05, 0.1) is 13.2 Å². The van der Waals surface area contributed by atoms with Gasteiger partial charge >= 0.3 is 0 Å². The van der Waals surface area contributed by atoms with E-state index in [1.165, 1.54) is 5.56 Å². The van der Waals surface area contributed by atoms with Gasteiger partial charge in [-0.05, 0) is 18.1 Å². The Hall–Kier alpha value is -2.66. The summed E-state index contributed by atoms with van der Waals surface area (Å²) in [5.74, 6) is -0.155. The second-order valence-corrected chi connectivity index (χ2v) is 6.59. The molecule has 1 aliphatic rings. The molecule has 26 heavy (non-hydrogen) atoms. The Balaban J connectivity index is 1.44. The van der Waals surface area contributed by atoms with Crippen LogP contribution in [0.2, 0.25) is 0 Å². The summed E-state index contributed by atoms with van der Waals surface area (Å²) < 4.78 is 5.49. The molecule has 2 amide bonds. The van der Waals surface area contributed by atoms with Crippen molar-refractivity contribution in [2.45, 2.75) is 20.1 Å². The van der Waals surface area contributed by atoms with Crippen molar-refractivity contribution in [2.75, 3.05) is 26.2 Å². The van der Waals surface area contributed by atoms with Crippen molar-refractivity contribution in [3.8, 4) is 0 Å². The number of carbonyl (C=O) groups is 2. The maximum Gasteiger partial charge on any atom is 0.249 e. The number of piperazine rings is 1. The molecule has 0 unspecified atom stereocenters. The van der Waals surface area contributed by atoms with Crippen molar-refractivity contribution < 1.29 is 14.3 Å². The summed E-state index contributed by atoms with van der Waals surface area (Å²) in [6.07, 6.45) is 0. The molecule has 1 aliphatic heterocycles. The lowest BCUT2D eigenvalue weighted by atomic mass is 10.1. The van der Waals surface area contributed by atoms with E-state index in [4.69, 9.17) is 4.74 Å². The number of rotatable bonds is 6. The zero-order valence-electron chi connectivity index (χ0n) is 15.1. The lowest BCUT2D eigenvalue weighted by Crippen LogP contribution is -2.52. The Morgan fingerprint density at radius 1 is 1.00 bits per heavy atom. The third-order valence-electron chi connectivity index (χ3n) is 4.50. The predicted molar refractivity (Wildman–Crippen MR) is 99.3 cm³/mol. The highest BCUT2D eigenvalue weighted by molar-refractivity contribution is 5.86. The molecule has 0 bridgehead atoms. The summed E-state index contributed by atoms with van der Waals surface area (Å²) in [5, 5.41) is 0. The van der Waals surface area contributed by atoms with Gasteiger partial charge in [0.15, 0.2) is 0 Å². The Morgan fingerprint density at radius 3 is 2.42 bits per heavy atom. The van der Waals surface area contributed by atoms with Crippen molar-refractivity contribution in [2.24, 2.45) is 0 Å². The fraction of sp³-hybridized carbons (Fsp3) is 0.333. The van der Waals surface area contributed by atoms with Crippen molar-refractivity contribution >= 4 is 11.8 Å². The molecule has 0 aromatic heterocycles. The van der Waals surface area contributed by atoms with Crippen LogP contribution >= 0.6 is 0 Å². The molecule has 5 nitrogen and oxygen atoms in total. The van der Waals surface area contributed by atoms with Gasteiger partial charge in [0, 0.05) is 19.6 Å². The normalized spacial score (nSPS) is 14.6. The maximum absolute atomic E-state index is 12.4. The van der Waals surface area contributed by atoms with Gasteiger partial charge in [-0.1, -0.05) is 60.2 Å². The Labute approximate surface area is 154 Å². The van der Waals surface area contributed by atoms with E-state index in [1.54, 1.807) is 9.80 Å². The second kappa shape index (κ2) is 8.63.